The third-order valence-electron chi connectivity index (χ3n) is 5.01. The van der Waals surface area contributed by atoms with Crippen LogP contribution in [0, 0.1) is 10.5 Å². The fourth-order valence-electron chi connectivity index (χ4n) is 3.57. The quantitative estimate of drug-likeness (QED) is 0.515. The van der Waals surface area contributed by atoms with Crippen LogP contribution in [0.4, 0.5) is 11.4 Å². The largest absolute Gasteiger partial charge is 0.454 e. The minimum Gasteiger partial charge on any atom is -0.454 e. The Bertz CT molecular complexity index is 1080. The molecule has 0 unspecified atom stereocenters. The zero-order valence-corrected chi connectivity index (χ0v) is 17.3. The van der Waals surface area contributed by atoms with E-state index in [-0.39, 0.29) is 18.9 Å². The number of fused-ring (bicyclic) bond motifs is 2. The number of hydrogen-bond donors (Lipinski definition) is 1. The Balaban J connectivity index is 1.65. The van der Waals surface area contributed by atoms with E-state index < -0.39 is 0 Å². The lowest BCUT2D eigenvalue weighted by molar-refractivity contribution is 0.0974. The summed E-state index contributed by atoms with van der Waals surface area (Å²) in [4.78, 5) is 15.3. The normalized spacial score (nSPS) is 17.3. The van der Waals surface area contributed by atoms with E-state index >= 15 is 0 Å². The zero-order chi connectivity index (χ0) is 19.3. The highest BCUT2D eigenvalue weighted by molar-refractivity contribution is 14.1. The Morgan fingerprint density at radius 2 is 1.79 bits per heavy atom. The number of hydrogen-bond acceptors (Lipinski definition) is 4. The van der Waals surface area contributed by atoms with Crippen LogP contribution < -0.4 is 19.7 Å². The van der Waals surface area contributed by atoms with E-state index in [0.29, 0.717) is 11.3 Å². The first-order chi connectivity index (χ1) is 13.6. The highest BCUT2D eigenvalue weighted by Crippen LogP contribution is 2.40. The van der Waals surface area contributed by atoms with Gasteiger partial charge in [0.25, 0.3) is 5.91 Å². The van der Waals surface area contributed by atoms with Crippen LogP contribution in [-0.2, 0) is 0 Å². The number of rotatable bonds is 2. The van der Waals surface area contributed by atoms with Crippen molar-refractivity contribution in [1.82, 2.24) is 0 Å². The summed E-state index contributed by atoms with van der Waals surface area (Å²) in [5.41, 5.74) is 4.43. The molecular formula is C22H17IN2O3. The molecule has 1 atom stereocenters. The lowest BCUT2D eigenvalue weighted by atomic mass is 10.0. The van der Waals surface area contributed by atoms with E-state index in [1.807, 2.05) is 67.6 Å². The Morgan fingerprint density at radius 1 is 1.00 bits per heavy atom. The number of aryl methyl sites for hydroxylation is 1. The van der Waals surface area contributed by atoms with Crippen molar-refractivity contribution in [1.29, 1.82) is 0 Å². The van der Waals surface area contributed by atoms with E-state index in [1.165, 1.54) is 0 Å². The van der Waals surface area contributed by atoms with Crippen LogP contribution in [0.1, 0.15) is 27.7 Å². The van der Waals surface area contributed by atoms with Crippen LogP contribution in [0.2, 0.25) is 0 Å². The predicted molar refractivity (Wildman–Crippen MR) is 116 cm³/mol. The molecule has 0 radical (unpaired) electrons. The standard InChI is InChI=1S/C22H17IN2O3/c1-13-2-6-16(7-3-13)25-21(14-4-9-19-20(10-14)28-12-27-19)24-18-8-5-15(23)11-17(18)22(25)26/h2-11,21,24H,12H2,1H3/t21-/m0/s1. The molecule has 28 heavy (non-hydrogen) atoms. The van der Waals surface area contributed by atoms with Gasteiger partial charge in [-0.15, -0.1) is 0 Å². The maximum atomic E-state index is 13.5. The SMILES string of the molecule is Cc1ccc(N2C(=O)c3cc(I)ccc3N[C@@H]2c2ccc3c(c2)OCO3)cc1. The zero-order valence-electron chi connectivity index (χ0n) is 15.1. The molecule has 0 aromatic heterocycles. The van der Waals surface area contributed by atoms with E-state index in [4.69, 9.17) is 9.47 Å². The third kappa shape index (κ3) is 2.88. The number of anilines is 2. The van der Waals surface area contributed by atoms with Crippen LogP contribution in [0.5, 0.6) is 11.5 Å². The van der Waals surface area contributed by atoms with Crippen molar-refractivity contribution in [3.05, 3.63) is 80.9 Å². The Hall–Kier alpha value is -2.74. The third-order valence-corrected chi connectivity index (χ3v) is 5.68. The lowest BCUT2D eigenvalue weighted by Crippen LogP contribution is -2.43. The lowest BCUT2D eigenvalue weighted by Gasteiger charge is -2.38. The molecule has 140 valence electrons. The first-order valence-electron chi connectivity index (χ1n) is 8.96. The highest BCUT2D eigenvalue weighted by atomic mass is 127. The second-order valence-electron chi connectivity index (χ2n) is 6.86. The number of amides is 1. The van der Waals surface area contributed by atoms with Crippen molar-refractivity contribution in [2.45, 2.75) is 13.1 Å². The molecule has 0 spiro atoms. The van der Waals surface area contributed by atoms with Gasteiger partial charge in [0.1, 0.15) is 6.17 Å². The van der Waals surface area contributed by atoms with Gasteiger partial charge in [-0.3, -0.25) is 9.69 Å². The maximum absolute atomic E-state index is 13.5. The van der Waals surface area contributed by atoms with Crippen molar-refractivity contribution in [2.24, 2.45) is 0 Å². The molecule has 3 aromatic rings. The number of carbonyl (C=O) groups excluding carboxylic acids is 1. The summed E-state index contributed by atoms with van der Waals surface area (Å²) in [7, 11) is 0. The molecule has 2 aliphatic rings. The fraction of sp³-hybridized carbons (Fsp3) is 0.136. The second-order valence-corrected chi connectivity index (χ2v) is 8.11. The summed E-state index contributed by atoms with van der Waals surface area (Å²) in [5, 5.41) is 3.53. The molecule has 2 aliphatic heterocycles. The van der Waals surface area contributed by atoms with Crippen molar-refractivity contribution >= 4 is 39.9 Å². The highest BCUT2D eigenvalue weighted by Gasteiger charge is 2.35. The molecule has 0 aliphatic carbocycles. The molecule has 1 N–H and O–H groups in total. The second kappa shape index (κ2) is 6.70. The van der Waals surface area contributed by atoms with Gasteiger partial charge in [0.15, 0.2) is 11.5 Å². The van der Waals surface area contributed by atoms with Gasteiger partial charge < -0.3 is 14.8 Å². The summed E-state index contributed by atoms with van der Waals surface area (Å²) in [6, 6.07) is 19.7. The maximum Gasteiger partial charge on any atom is 0.262 e. The summed E-state index contributed by atoms with van der Waals surface area (Å²) >= 11 is 2.23. The summed E-state index contributed by atoms with van der Waals surface area (Å²) < 4.78 is 12.0. The van der Waals surface area contributed by atoms with Gasteiger partial charge in [0.2, 0.25) is 6.79 Å². The van der Waals surface area contributed by atoms with Crippen LogP contribution >= 0.6 is 22.6 Å². The monoisotopic (exact) mass is 484 g/mol. The summed E-state index contributed by atoms with van der Waals surface area (Å²) in [5.74, 6) is 1.39. The van der Waals surface area contributed by atoms with Crippen LogP contribution in [0.25, 0.3) is 0 Å². The Morgan fingerprint density at radius 3 is 2.61 bits per heavy atom. The van der Waals surface area contributed by atoms with E-state index in [9.17, 15) is 4.79 Å². The van der Waals surface area contributed by atoms with Gasteiger partial charge in [-0.1, -0.05) is 23.8 Å². The molecule has 0 saturated heterocycles. The first kappa shape index (κ1) is 17.4. The molecule has 5 nitrogen and oxygen atoms in total. The number of carbonyl (C=O) groups is 1. The topological polar surface area (TPSA) is 50.8 Å². The average Bonchev–Trinajstić information content (AvgIpc) is 3.17. The molecule has 0 fully saturated rings. The summed E-state index contributed by atoms with van der Waals surface area (Å²) in [6.45, 7) is 2.26. The summed E-state index contributed by atoms with van der Waals surface area (Å²) in [6.07, 6.45) is -0.350. The van der Waals surface area contributed by atoms with Crippen LogP contribution in [0.15, 0.2) is 60.7 Å². The van der Waals surface area contributed by atoms with Crippen LogP contribution in [0.3, 0.4) is 0 Å². The van der Waals surface area contributed by atoms with E-state index in [1.54, 1.807) is 4.90 Å². The Kier molecular flexibility index (Phi) is 4.16. The molecule has 6 heteroatoms. The molecule has 0 saturated carbocycles. The molecule has 3 aromatic carbocycles. The van der Waals surface area contributed by atoms with Crippen molar-refractivity contribution in [3.63, 3.8) is 0 Å². The average molecular weight is 484 g/mol. The fourth-order valence-corrected chi connectivity index (χ4v) is 4.06. The van der Waals surface area contributed by atoms with Crippen LogP contribution in [-0.4, -0.2) is 12.7 Å². The molecule has 2 heterocycles. The van der Waals surface area contributed by atoms with E-state index in [2.05, 4.69) is 27.9 Å². The smallest absolute Gasteiger partial charge is 0.262 e. The molecular weight excluding hydrogens is 467 g/mol. The Labute approximate surface area is 176 Å². The van der Waals surface area contributed by atoms with Crippen molar-refractivity contribution in [3.8, 4) is 11.5 Å². The van der Waals surface area contributed by atoms with Gasteiger partial charge in [-0.05, 0) is 77.5 Å². The number of benzene rings is 3. The minimum absolute atomic E-state index is 0.0289. The van der Waals surface area contributed by atoms with E-state index in [0.717, 1.165) is 31.8 Å². The van der Waals surface area contributed by atoms with Gasteiger partial charge in [-0.25, -0.2) is 0 Å². The van der Waals surface area contributed by atoms with Crippen molar-refractivity contribution < 1.29 is 14.3 Å². The van der Waals surface area contributed by atoms with Gasteiger partial charge in [0, 0.05) is 14.9 Å². The minimum atomic E-state index is -0.350. The number of nitrogens with one attached hydrogen (secondary N) is 1. The van der Waals surface area contributed by atoms with Gasteiger partial charge in [0.05, 0.1) is 5.56 Å². The first-order valence-corrected chi connectivity index (χ1v) is 10.0. The molecule has 0 bridgehead atoms. The van der Waals surface area contributed by atoms with Gasteiger partial charge >= 0.3 is 0 Å². The number of halogens is 1. The van der Waals surface area contributed by atoms with Crippen molar-refractivity contribution in [2.75, 3.05) is 17.0 Å². The van der Waals surface area contributed by atoms with Gasteiger partial charge in [-0.2, -0.15) is 0 Å². The predicted octanol–water partition coefficient (Wildman–Crippen LogP) is 5.10. The molecule has 5 rings (SSSR count). The number of nitrogens with zero attached hydrogens (tertiary/aromatic N) is 1. The molecule has 1 amide bonds. The number of ether oxygens (including phenoxy) is 2.